The van der Waals surface area contributed by atoms with Gasteiger partial charge in [-0.05, 0) is 29.8 Å². The van der Waals surface area contributed by atoms with Crippen LogP contribution in [0.25, 0.3) is 0 Å². The van der Waals surface area contributed by atoms with Gasteiger partial charge in [0.1, 0.15) is 0 Å². The van der Waals surface area contributed by atoms with Crippen LogP contribution < -0.4 is 0 Å². The maximum absolute atomic E-state index is 10.5. The molecule has 0 aliphatic heterocycles. The molecule has 0 heterocycles. The van der Waals surface area contributed by atoms with E-state index < -0.39 is 10.1 Å². The Morgan fingerprint density at radius 3 is 2.33 bits per heavy atom. The second kappa shape index (κ2) is 6.76. The van der Waals surface area contributed by atoms with Crippen LogP contribution in [0.2, 0.25) is 0 Å². The second-order valence-electron chi connectivity index (χ2n) is 4.54. The minimum absolute atomic E-state index is 0.107. The first-order valence-corrected chi connectivity index (χ1v) is 8.06. The highest BCUT2D eigenvalue weighted by Gasteiger charge is 2.17. The molecule has 0 aromatic heterocycles. The molecule has 0 radical (unpaired) electrons. The van der Waals surface area contributed by atoms with Gasteiger partial charge in [-0.15, -0.1) is 0 Å². The van der Waals surface area contributed by atoms with Crippen molar-refractivity contribution in [2.75, 3.05) is 17.3 Å². The highest BCUT2D eigenvalue weighted by Crippen LogP contribution is 2.27. The molecule has 0 rings (SSSR count). The lowest BCUT2D eigenvalue weighted by Gasteiger charge is -2.23. The fourth-order valence-corrected chi connectivity index (χ4v) is 2.81. The fourth-order valence-electron chi connectivity index (χ4n) is 1.34. The lowest BCUT2D eigenvalue weighted by atomic mass is 9.90. The van der Waals surface area contributed by atoms with Crippen molar-refractivity contribution in [1.82, 2.24) is 0 Å². The van der Waals surface area contributed by atoms with Gasteiger partial charge in [0, 0.05) is 0 Å². The fraction of sp³-hybridized carbons (Fsp3) is 1.00. The average Bonchev–Trinajstić information content (AvgIpc) is 2.08. The van der Waals surface area contributed by atoms with Crippen LogP contribution in [0.5, 0.6) is 0 Å². The van der Waals surface area contributed by atoms with Crippen LogP contribution in [0, 0.1) is 5.41 Å². The summed E-state index contributed by atoms with van der Waals surface area (Å²) in [6.45, 7) is 6.53. The van der Waals surface area contributed by atoms with Crippen LogP contribution in [0.1, 0.15) is 40.0 Å². The van der Waals surface area contributed by atoms with E-state index in [-0.39, 0.29) is 11.2 Å². The molecular formula is C10H22O3S2. The third-order valence-electron chi connectivity index (χ3n) is 2.20. The molecule has 0 amide bonds. The minimum atomic E-state index is -3.76. The predicted molar refractivity (Wildman–Crippen MR) is 67.0 cm³/mol. The van der Waals surface area contributed by atoms with Crippen molar-refractivity contribution in [2.45, 2.75) is 40.0 Å². The van der Waals surface area contributed by atoms with Gasteiger partial charge in [-0.1, -0.05) is 27.2 Å². The zero-order chi connectivity index (χ0) is 11.9. The van der Waals surface area contributed by atoms with Gasteiger partial charge in [0.2, 0.25) is 0 Å². The Hall–Kier alpha value is 0.260. The molecule has 0 saturated heterocycles. The smallest absolute Gasteiger partial charge is 0.264 e. The molecule has 0 unspecified atom stereocenters. The average molecular weight is 254 g/mol. The van der Waals surface area contributed by atoms with Gasteiger partial charge in [-0.25, -0.2) is 0 Å². The summed E-state index contributed by atoms with van der Waals surface area (Å²) in [5, 5.41) is 0. The molecule has 0 saturated carbocycles. The van der Waals surface area contributed by atoms with Crippen LogP contribution in [-0.4, -0.2) is 30.2 Å². The van der Waals surface area contributed by atoms with Crippen LogP contribution in [0.15, 0.2) is 0 Å². The first kappa shape index (κ1) is 15.3. The summed E-state index contributed by atoms with van der Waals surface area (Å²) in [4.78, 5) is 0. The van der Waals surface area contributed by atoms with Crippen molar-refractivity contribution in [3.8, 4) is 0 Å². The van der Waals surface area contributed by atoms with E-state index in [1.165, 1.54) is 0 Å². The van der Waals surface area contributed by atoms with E-state index in [4.69, 9.17) is 4.55 Å². The Morgan fingerprint density at radius 1 is 1.27 bits per heavy atom. The van der Waals surface area contributed by atoms with E-state index in [2.05, 4.69) is 20.8 Å². The Morgan fingerprint density at radius 2 is 1.87 bits per heavy atom. The standard InChI is InChI=1S/C10H22O3S2/c1-4-14-9-10(2,3)7-5-6-8-15(11,12)13/h4-9H2,1-3H3,(H,11,12,13). The molecule has 0 aliphatic carbocycles. The van der Waals surface area contributed by atoms with Crippen molar-refractivity contribution in [3.63, 3.8) is 0 Å². The maximum atomic E-state index is 10.5. The normalized spacial score (nSPS) is 13.1. The number of unbranched alkanes of at least 4 members (excludes halogenated alkanes) is 1. The lowest BCUT2D eigenvalue weighted by Crippen LogP contribution is -2.15. The lowest BCUT2D eigenvalue weighted by molar-refractivity contribution is 0.371. The third kappa shape index (κ3) is 10.5. The predicted octanol–water partition coefficient (Wildman–Crippen LogP) is 2.82. The molecule has 0 fully saturated rings. The summed E-state index contributed by atoms with van der Waals surface area (Å²) < 4.78 is 29.5. The number of hydrogen-bond acceptors (Lipinski definition) is 3. The summed E-state index contributed by atoms with van der Waals surface area (Å²) in [5.74, 6) is 2.12. The first-order chi connectivity index (χ1) is 6.77. The van der Waals surface area contributed by atoms with Gasteiger partial charge in [-0.2, -0.15) is 20.2 Å². The number of rotatable bonds is 8. The largest absolute Gasteiger partial charge is 0.286 e. The number of thioether (sulfide) groups is 1. The molecule has 0 bridgehead atoms. The van der Waals surface area contributed by atoms with Gasteiger partial charge < -0.3 is 0 Å². The zero-order valence-corrected chi connectivity index (χ0v) is 11.5. The molecule has 0 spiro atoms. The molecular weight excluding hydrogens is 232 g/mol. The highest BCUT2D eigenvalue weighted by molar-refractivity contribution is 7.99. The van der Waals surface area contributed by atoms with E-state index in [0.717, 1.165) is 24.3 Å². The summed E-state index contributed by atoms with van der Waals surface area (Å²) in [6.07, 6.45) is 2.42. The zero-order valence-electron chi connectivity index (χ0n) is 9.82. The minimum Gasteiger partial charge on any atom is -0.286 e. The SMILES string of the molecule is CCSCC(C)(C)CCCCS(=O)(=O)O. The molecule has 5 heteroatoms. The molecule has 0 aromatic rings. The highest BCUT2D eigenvalue weighted by atomic mass is 32.2. The van der Waals surface area contributed by atoms with Crippen molar-refractivity contribution < 1.29 is 13.0 Å². The Kier molecular flexibility index (Phi) is 6.88. The quantitative estimate of drug-likeness (QED) is 0.534. The monoisotopic (exact) mass is 254 g/mol. The van der Waals surface area contributed by atoms with Crippen LogP contribution in [0.4, 0.5) is 0 Å². The van der Waals surface area contributed by atoms with Crippen LogP contribution in [0.3, 0.4) is 0 Å². The Balaban J connectivity index is 3.66. The van der Waals surface area contributed by atoms with E-state index in [1.807, 2.05) is 11.8 Å². The van der Waals surface area contributed by atoms with Gasteiger partial charge >= 0.3 is 0 Å². The molecule has 0 aromatic carbocycles. The van der Waals surface area contributed by atoms with Crippen molar-refractivity contribution in [3.05, 3.63) is 0 Å². The van der Waals surface area contributed by atoms with E-state index in [0.29, 0.717) is 6.42 Å². The second-order valence-corrected chi connectivity index (χ2v) is 7.39. The Labute approximate surface area is 97.8 Å². The first-order valence-electron chi connectivity index (χ1n) is 5.30. The van der Waals surface area contributed by atoms with Crippen molar-refractivity contribution >= 4 is 21.9 Å². The van der Waals surface area contributed by atoms with E-state index >= 15 is 0 Å². The van der Waals surface area contributed by atoms with Gasteiger partial charge in [-0.3, -0.25) is 4.55 Å². The summed E-state index contributed by atoms with van der Waals surface area (Å²) in [5.41, 5.74) is 0.264. The molecule has 92 valence electrons. The third-order valence-corrected chi connectivity index (χ3v) is 4.40. The Bertz CT molecular complexity index is 258. The molecule has 3 nitrogen and oxygen atoms in total. The van der Waals surface area contributed by atoms with Crippen molar-refractivity contribution in [2.24, 2.45) is 5.41 Å². The maximum Gasteiger partial charge on any atom is 0.264 e. The van der Waals surface area contributed by atoms with E-state index in [9.17, 15) is 8.42 Å². The van der Waals surface area contributed by atoms with Gasteiger partial charge in [0.15, 0.2) is 0 Å². The molecule has 0 atom stereocenters. The summed E-state index contributed by atoms with van der Waals surface area (Å²) >= 11 is 1.91. The van der Waals surface area contributed by atoms with Crippen LogP contribution in [-0.2, 0) is 10.1 Å². The van der Waals surface area contributed by atoms with Gasteiger partial charge in [0.05, 0.1) is 5.75 Å². The van der Waals surface area contributed by atoms with Gasteiger partial charge in [0.25, 0.3) is 10.1 Å². The van der Waals surface area contributed by atoms with Crippen LogP contribution >= 0.6 is 11.8 Å². The van der Waals surface area contributed by atoms with Crippen molar-refractivity contribution in [1.29, 1.82) is 0 Å². The molecule has 0 aliphatic rings. The topological polar surface area (TPSA) is 54.4 Å². The number of hydrogen-bond donors (Lipinski definition) is 1. The molecule has 15 heavy (non-hydrogen) atoms. The van der Waals surface area contributed by atoms with E-state index in [1.54, 1.807) is 0 Å². The summed E-state index contributed by atoms with van der Waals surface area (Å²) in [6, 6.07) is 0. The molecule has 1 N–H and O–H groups in total. The summed E-state index contributed by atoms with van der Waals surface area (Å²) in [7, 11) is -3.76.